The van der Waals surface area contributed by atoms with Crippen LogP contribution in [-0.2, 0) is 6.54 Å². The molecule has 3 rings (SSSR count). The molecule has 1 aliphatic rings. The molecule has 2 heterocycles. The van der Waals surface area contributed by atoms with E-state index in [1.165, 1.54) is 5.56 Å². The van der Waals surface area contributed by atoms with Crippen molar-refractivity contribution in [1.82, 2.24) is 9.80 Å². The monoisotopic (exact) mass is 264 g/mol. The van der Waals surface area contributed by atoms with Gasteiger partial charge in [-0.05, 0) is 25.2 Å². The molecular formula is C14H17ClN2O. The number of rotatable bonds is 2. The zero-order valence-corrected chi connectivity index (χ0v) is 11.3. The van der Waals surface area contributed by atoms with Gasteiger partial charge in [-0.15, -0.1) is 0 Å². The Morgan fingerprint density at radius 2 is 2.00 bits per heavy atom. The first-order chi connectivity index (χ1) is 8.72. The van der Waals surface area contributed by atoms with E-state index in [2.05, 4.69) is 16.8 Å². The van der Waals surface area contributed by atoms with Crippen molar-refractivity contribution in [3.8, 4) is 0 Å². The maximum atomic E-state index is 6.05. The Bertz CT molecular complexity index is 544. The van der Waals surface area contributed by atoms with Crippen molar-refractivity contribution in [3.63, 3.8) is 0 Å². The molecule has 0 saturated carbocycles. The van der Waals surface area contributed by atoms with Gasteiger partial charge in [0.25, 0.3) is 0 Å². The molecule has 0 spiro atoms. The molecule has 18 heavy (non-hydrogen) atoms. The SMILES string of the molecule is CN1CCN(Cc2coc3ccc(Cl)cc23)CC1. The Kier molecular flexibility index (Phi) is 3.29. The fourth-order valence-electron chi connectivity index (χ4n) is 2.42. The van der Waals surface area contributed by atoms with Gasteiger partial charge in [0, 0.05) is 48.7 Å². The molecule has 0 unspecified atom stereocenters. The van der Waals surface area contributed by atoms with E-state index in [-0.39, 0.29) is 0 Å². The molecule has 1 fully saturated rings. The van der Waals surface area contributed by atoms with Crippen molar-refractivity contribution in [2.45, 2.75) is 6.54 Å². The minimum absolute atomic E-state index is 0.767. The van der Waals surface area contributed by atoms with Gasteiger partial charge in [-0.25, -0.2) is 0 Å². The molecule has 0 bridgehead atoms. The summed E-state index contributed by atoms with van der Waals surface area (Å²) in [6.07, 6.45) is 1.86. The molecule has 1 aromatic carbocycles. The van der Waals surface area contributed by atoms with E-state index in [9.17, 15) is 0 Å². The second-order valence-corrected chi connectivity index (χ2v) is 5.42. The molecular weight excluding hydrogens is 248 g/mol. The van der Waals surface area contributed by atoms with E-state index in [1.807, 2.05) is 24.5 Å². The minimum Gasteiger partial charge on any atom is -0.464 e. The van der Waals surface area contributed by atoms with E-state index in [0.29, 0.717) is 0 Å². The Morgan fingerprint density at radius 3 is 2.78 bits per heavy atom. The quantitative estimate of drug-likeness (QED) is 0.832. The predicted octanol–water partition coefficient (Wildman–Crippen LogP) is 2.83. The number of fused-ring (bicyclic) bond motifs is 1. The van der Waals surface area contributed by atoms with Crippen LogP contribution in [-0.4, -0.2) is 43.0 Å². The maximum Gasteiger partial charge on any atom is 0.134 e. The molecule has 0 amide bonds. The number of hydrogen-bond donors (Lipinski definition) is 0. The first-order valence-electron chi connectivity index (χ1n) is 6.29. The molecule has 0 radical (unpaired) electrons. The highest BCUT2D eigenvalue weighted by Gasteiger charge is 2.16. The number of nitrogens with zero attached hydrogens (tertiary/aromatic N) is 2. The van der Waals surface area contributed by atoms with E-state index in [0.717, 1.165) is 48.7 Å². The van der Waals surface area contributed by atoms with Crippen LogP contribution in [0.1, 0.15) is 5.56 Å². The molecule has 2 aromatic rings. The molecule has 4 heteroatoms. The predicted molar refractivity (Wildman–Crippen MR) is 74.0 cm³/mol. The highest BCUT2D eigenvalue weighted by molar-refractivity contribution is 6.31. The summed E-state index contributed by atoms with van der Waals surface area (Å²) in [5, 5.41) is 1.91. The van der Waals surface area contributed by atoms with Crippen molar-refractivity contribution in [2.24, 2.45) is 0 Å². The van der Waals surface area contributed by atoms with Crippen LogP contribution in [0.2, 0.25) is 5.02 Å². The zero-order valence-electron chi connectivity index (χ0n) is 10.5. The molecule has 3 nitrogen and oxygen atoms in total. The lowest BCUT2D eigenvalue weighted by atomic mass is 10.1. The van der Waals surface area contributed by atoms with Crippen LogP contribution in [0.5, 0.6) is 0 Å². The number of piperazine rings is 1. The average Bonchev–Trinajstić information content (AvgIpc) is 2.75. The fraction of sp³-hybridized carbons (Fsp3) is 0.429. The molecule has 1 saturated heterocycles. The third-order valence-corrected chi connectivity index (χ3v) is 3.84. The van der Waals surface area contributed by atoms with E-state index in [1.54, 1.807) is 0 Å². The van der Waals surface area contributed by atoms with E-state index in [4.69, 9.17) is 16.0 Å². The van der Waals surface area contributed by atoms with Crippen LogP contribution >= 0.6 is 11.6 Å². The van der Waals surface area contributed by atoms with Gasteiger partial charge < -0.3 is 9.32 Å². The van der Waals surface area contributed by atoms with E-state index >= 15 is 0 Å². The maximum absolute atomic E-state index is 6.05. The molecule has 1 aromatic heterocycles. The summed E-state index contributed by atoms with van der Waals surface area (Å²) in [7, 11) is 2.17. The number of hydrogen-bond acceptors (Lipinski definition) is 3. The van der Waals surface area contributed by atoms with Crippen molar-refractivity contribution >= 4 is 22.6 Å². The summed E-state index contributed by atoms with van der Waals surface area (Å²) >= 11 is 6.05. The second-order valence-electron chi connectivity index (χ2n) is 4.98. The fourth-order valence-corrected chi connectivity index (χ4v) is 2.60. The number of halogens is 1. The normalized spacial score (nSPS) is 18.6. The summed E-state index contributed by atoms with van der Waals surface area (Å²) in [5.74, 6) is 0. The first kappa shape index (κ1) is 12.0. The van der Waals surface area contributed by atoms with Crippen LogP contribution in [0.15, 0.2) is 28.9 Å². The highest BCUT2D eigenvalue weighted by atomic mass is 35.5. The van der Waals surface area contributed by atoms with Gasteiger partial charge in [-0.1, -0.05) is 11.6 Å². The van der Waals surface area contributed by atoms with Gasteiger partial charge in [-0.2, -0.15) is 0 Å². The molecule has 0 atom stereocenters. The molecule has 0 N–H and O–H groups in total. The third kappa shape index (κ3) is 2.39. The summed E-state index contributed by atoms with van der Waals surface area (Å²) < 4.78 is 5.57. The van der Waals surface area contributed by atoms with Crippen LogP contribution in [0.3, 0.4) is 0 Å². The summed E-state index contributed by atoms with van der Waals surface area (Å²) in [4.78, 5) is 4.83. The Labute approximate surface area is 112 Å². The van der Waals surface area contributed by atoms with Crippen LogP contribution in [0, 0.1) is 0 Å². The van der Waals surface area contributed by atoms with Crippen LogP contribution in [0.25, 0.3) is 11.0 Å². The van der Waals surface area contributed by atoms with Crippen LogP contribution < -0.4 is 0 Å². The third-order valence-electron chi connectivity index (χ3n) is 3.61. The van der Waals surface area contributed by atoms with Crippen molar-refractivity contribution < 1.29 is 4.42 Å². The highest BCUT2D eigenvalue weighted by Crippen LogP contribution is 2.25. The Morgan fingerprint density at radius 1 is 1.22 bits per heavy atom. The molecule has 0 aliphatic carbocycles. The molecule has 1 aliphatic heterocycles. The number of likely N-dealkylation sites (N-methyl/N-ethyl adjacent to an activating group) is 1. The van der Waals surface area contributed by atoms with Gasteiger partial charge in [0.1, 0.15) is 5.58 Å². The van der Waals surface area contributed by atoms with Crippen molar-refractivity contribution in [1.29, 1.82) is 0 Å². The van der Waals surface area contributed by atoms with Gasteiger partial charge in [0.2, 0.25) is 0 Å². The lowest BCUT2D eigenvalue weighted by Gasteiger charge is -2.32. The summed E-state index contributed by atoms with van der Waals surface area (Å²) in [6, 6.07) is 5.80. The Balaban J connectivity index is 1.80. The first-order valence-corrected chi connectivity index (χ1v) is 6.67. The minimum atomic E-state index is 0.767. The van der Waals surface area contributed by atoms with Crippen molar-refractivity contribution in [2.75, 3.05) is 33.2 Å². The van der Waals surface area contributed by atoms with Gasteiger partial charge in [0.05, 0.1) is 6.26 Å². The number of benzene rings is 1. The standard InChI is InChI=1S/C14H17ClN2O/c1-16-4-6-17(7-5-16)9-11-10-18-14-3-2-12(15)8-13(11)14/h2-3,8,10H,4-7,9H2,1H3. The number of furan rings is 1. The average molecular weight is 265 g/mol. The smallest absolute Gasteiger partial charge is 0.134 e. The Hall–Kier alpha value is -1.03. The lowest BCUT2D eigenvalue weighted by molar-refractivity contribution is 0.148. The summed E-state index contributed by atoms with van der Waals surface area (Å²) in [5.41, 5.74) is 2.15. The van der Waals surface area contributed by atoms with Gasteiger partial charge in [-0.3, -0.25) is 4.90 Å². The summed E-state index contributed by atoms with van der Waals surface area (Å²) in [6.45, 7) is 5.45. The van der Waals surface area contributed by atoms with E-state index < -0.39 is 0 Å². The van der Waals surface area contributed by atoms with Crippen LogP contribution in [0.4, 0.5) is 0 Å². The second kappa shape index (κ2) is 4.92. The van der Waals surface area contributed by atoms with Crippen molar-refractivity contribution in [3.05, 3.63) is 35.0 Å². The largest absolute Gasteiger partial charge is 0.464 e. The zero-order chi connectivity index (χ0) is 12.5. The molecule has 96 valence electrons. The lowest BCUT2D eigenvalue weighted by Crippen LogP contribution is -2.43. The topological polar surface area (TPSA) is 19.6 Å². The van der Waals surface area contributed by atoms with Gasteiger partial charge in [0.15, 0.2) is 0 Å². The van der Waals surface area contributed by atoms with Gasteiger partial charge >= 0.3 is 0 Å².